The van der Waals surface area contributed by atoms with Gasteiger partial charge in [-0.1, -0.05) is 0 Å². The molecule has 3 heterocycles. The van der Waals surface area contributed by atoms with Gasteiger partial charge in [0, 0.05) is 13.3 Å². The van der Waals surface area contributed by atoms with Crippen molar-refractivity contribution in [1.82, 2.24) is 19.5 Å². The molecule has 0 unspecified atom stereocenters. The first kappa shape index (κ1) is 15.9. The van der Waals surface area contributed by atoms with E-state index in [1.807, 2.05) is 6.07 Å². The molecule has 11 heteroatoms. The van der Waals surface area contributed by atoms with E-state index in [2.05, 4.69) is 15.0 Å². The predicted octanol–water partition coefficient (Wildman–Crippen LogP) is -0.904. The Morgan fingerprint density at radius 3 is 3.04 bits per heavy atom. The number of esters is 1. The molecule has 1 aliphatic rings. The molecule has 0 bridgehead atoms. The van der Waals surface area contributed by atoms with Crippen LogP contribution in [0.25, 0.3) is 11.2 Å². The van der Waals surface area contributed by atoms with Crippen LogP contribution in [-0.2, 0) is 14.3 Å². The summed E-state index contributed by atoms with van der Waals surface area (Å²) in [6.07, 6.45) is -0.439. The molecule has 3 rings (SSSR count). The molecular formula is C13H15N7O4. The third-order valence-electron chi connectivity index (χ3n) is 3.76. The molecular weight excluding hydrogens is 318 g/mol. The molecule has 24 heavy (non-hydrogen) atoms. The van der Waals surface area contributed by atoms with E-state index in [4.69, 9.17) is 20.9 Å². The third kappa shape index (κ3) is 2.47. The number of anilines is 2. The highest BCUT2D eigenvalue weighted by atomic mass is 16.6. The Hall–Kier alpha value is -2.97. The van der Waals surface area contributed by atoms with Crippen molar-refractivity contribution >= 4 is 28.9 Å². The average Bonchev–Trinajstić information content (AvgIpc) is 3.07. The lowest BCUT2D eigenvalue weighted by atomic mass is 10.00. The number of carbonyl (C=O) groups excluding carboxylic acids is 1. The summed E-state index contributed by atoms with van der Waals surface area (Å²) in [6, 6.07) is 1.88. The molecule has 1 saturated heterocycles. The van der Waals surface area contributed by atoms with E-state index < -0.39 is 23.9 Å². The molecule has 0 aliphatic carbocycles. The minimum Gasteiger partial charge on any atom is -0.462 e. The fourth-order valence-electron chi connectivity index (χ4n) is 2.56. The number of hydrogen-bond donors (Lipinski definition) is 3. The zero-order chi connectivity index (χ0) is 17.5. The fourth-order valence-corrected chi connectivity index (χ4v) is 2.56. The van der Waals surface area contributed by atoms with Crippen LogP contribution in [0.15, 0.2) is 6.33 Å². The minimum atomic E-state index is -1.67. The summed E-state index contributed by atoms with van der Waals surface area (Å²) in [6.45, 7) is 0.818. The zero-order valence-corrected chi connectivity index (χ0v) is 12.7. The smallest absolute Gasteiger partial charge is 0.302 e. The van der Waals surface area contributed by atoms with Gasteiger partial charge in [-0.15, -0.1) is 0 Å². The number of rotatable bonds is 3. The molecule has 2 aromatic rings. The lowest BCUT2D eigenvalue weighted by Crippen LogP contribution is -2.43. The predicted molar refractivity (Wildman–Crippen MR) is 79.9 cm³/mol. The first-order valence-corrected chi connectivity index (χ1v) is 7.02. The van der Waals surface area contributed by atoms with Gasteiger partial charge in [-0.2, -0.15) is 15.2 Å². The molecule has 11 nitrogen and oxygen atoms in total. The quantitative estimate of drug-likeness (QED) is 0.596. The molecule has 3 atom stereocenters. The van der Waals surface area contributed by atoms with Gasteiger partial charge in [0.05, 0.1) is 6.33 Å². The number of ether oxygens (including phenoxy) is 2. The van der Waals surface area contributed by atoms with Crippen LogP contribution in [0.4, 0.5) is 11.8 Å². The summed E-state index contributed by atoms with van der Waals surface area (Å²) in [7, 11) is 0. The molecule has 126 valence electrons. The summed E-state index contributed by atoms with van der Waals surface area (Å²) in [5.41, 5.74) is 10.3. The molecule has 0 aromatic carbocycles. The molecule has 0 saturated carbocycles. The van der Waals surface area contributed by atoms with Crippen LogP contribution < -0.4 is 11.5 Å². The van der Waals surface area contributed by atoms with Gasteiger partial charge in [0.1, 0.15) is 30.5 Å². The van der Waals surface area contributed by atoms with Gasteiger partial charge in [0.15, 0.2) is 11.5 Å². The minimum absolute atomic E-state index is 0.0354. The number of nitrogens with zero attached hydrogens (tertiary/aromatic N) is 5. The van der Waals surface area contributed by atoms with E-state index in [-0.39, 0.29) is 24.8 Å². The summed E-state index contributed by atoms with van der Waals surface area (Å²) in [5.74, 6) is -0.502. The number of carbonyl (C=O) groups is 1. The largest absolute Gasteiger partial charge is 0.462 e. The second-order valence-corrected chi connectivity index (χ2v) is 5.40. The van der Waals surface area contributed by atoms with Crippen molar-refractivity contribution in [2.45, 2.75) is 31.3 Å². The number of nitrogen functional groups attached to an aromatic ring is 2. The van der Waals surface area contributed by atoms with Crippen molar-refractivity contribution in [2.75, 3.05) is 18.1 Å². The first-order valence-electron chi connectivity index (χ1n) is 7.02. The number of nitriles is 1. The Bertz CT molecular complexity index is 845. The summed E-state index contributed by atoms with van der Waals surface area (Å²) in [4.78, 5) is 23.0. The highest BCUT2D eigenvalue weighted by Gasteiger charge is 2.50. The van der Waals surface area contributed by atoms with Crippen LogP contribution in [0.1, 0.15) is 19.6 Å². The van der Waals surface area contributed by atoms with Crippen molar-refractivity contribution < 1.29 is 19.4 Å². The average molecular weight is 333 g/mol. The van der Waals surface area contributed by atoms with Gasteiger partial charge in [-0.3, -0.25) is 9.36 Å². The van der Waals surface area contributed by atoms with Crippen LogP contribution in [0.3, 0.4) is 0 Å². The summed E-state index contributed by atoms with van der Waals surface area (Å²) in [5, 5.41) is 19.6. The van der Waals surface area contributed by atoms with Crippen LogP contribution in [-0.4, -0.2) is 48.9 Å². The topological polar surface area (TPSA) is 175 Å². The maximum atomic E-state index is 11.0. The number of aromatic nitrogens is 4. The van der Waals surface area contributed by atoms with Crippen LogP contribution in [0, 0.1) is 11.3 Å². The molecule has 1 fully saturated rings. The maximum absolute atomic E-state index is 11.0. The van der Waals surface area contributed by atoms with Gasteiger partial charge in [0.2, 0.25) is 11.5 Å². The Morgan fingerprint density at radius 2 is 2.38 bits per heavy atom. The SMILES string of the molecule is CC(=O)OC[C@@]1(C#N)O[C@H](n2cnc3c(N)nc(N)nc32)C[C@@H]1O. The molecule has 1 aliphatic heterocycles. The molecule has 0 amide bonds. The lowest BCUT2D eigenvalue weighted by Gasteiger charge is -2.23. The van der Waals surface area contributed by atoms with Gasteiger partial charge in [0.25, 0.3) is 0 Å². The highest BCUT2D eigenvalue weighted by Crippen LogP contribution is 2.38. The van der Waals surface area contributed by atoms with Crippen molar-refractivity contribution in [2.24, 2.45) is 0 Å². The van der Waals surface area contributed by atoms with E-state index in [9.17, 15) is 15.2 Å². The van der Waals surface area contributed by atoms with Crippen molar-refractivity contribution in [3.05, 3.63) is 6.33 Å². The molecule has 2 aromatic heterocycles. The van der Waals surface area contributed by atoms with E-state index in [0.29, 0.717) is 11.2 Å². The third-order valence-corrected chi connectivity index (χ3v) is 3.76. The fraction of sp³-hybridized carbons (Fsp3) is 0.462. The number of aliphatic hydroxyl groups is 1. The van der Waals surface area contributed by atoms with Gasteiger partial charge < -0.3 is 26.0 Å². The van der Waals surface area contributed by atoms with Crippen LogP contribution in [0.5, 0.6) is 0 Å². The number of nitrogens with two attached hydrogens (primary N) is 2. The molecule has 5 N–H and O–H groups in total. The molecule has 0 spiro atoms. The number of fused-ring (bicyclic) bond motifs is 1. The highest BCUT2D eigenvalue weighted by molar-refractivity contribution is 5.82. The van der Waals surface area contributed by atoms with Gasteiger partial charge in [-0.05, 0) is 0 Å². The Morgan fingerprint density at radius 1 is 1.62 bits per heavy atom. The van der Waals surface area contributed by atoms with E-state index in [1.54, 1.807) is 0 Å². The normalized spacial score (nSPS) is 26.4. The maximum Gasteiger partial charge on any atom is 0.302 e. The van der Waals surface area contributed by atoms with Gasteiger partial charge in [-0.25, -0.2) is 4.98 Å². The monoisotopic (exact) mass is 333 g/mol. The Balaban J connectivity index is 1.95. The van der Waals surface area contributed by atoms with E-state index in [1.165, 1.54) is 17.8 Å². The zero-order valence-electron chi connectivity index (χ0n) is 12.7. The van der Waals surface area contributed by atoms with Crippen LogP contribution in [0.2, 0.25) is 0 Å². The second kappa shape index (κ2) is 5.59. The van der Waals surface area contributed by atoms with Crippen LogP contribution >= 0.6 is 0 Å². The van der Waals surface area contributed by atoms with Gasteiger partial charge >= 0.3 is 5.97 Å². The van der Waals surface area contributed by atoms with Crippen molar-refractivity contribution in [3.8, 4) is 6.07 Å². The number of hydrogen-bond acceptors (Lipinski definition) is 10. The van der Waals surface area contributed by atoms with E-state index >= 15 is 0 Å². The summed E-state index contributed by atoms with van der Waals surface area (Å²) < 4.78 is 12.0. The standard InChI is InChI=1S/C13H15N7O4/c1-6(21)23-4-13(3-14)7(22)2-8(24-13)20-5-17-9-10(15)18-12(16)19-11(9)20/h5,7-8,22H,2,4H2,1H3,(H4,15,16,18,19)/t7-,8-,13+/m0/s1. The number of imidazole rings is 1. The Kier molecular flexibility index (Phi) is 3.70. The number of aliphatic hydroxyl groups excluding tert-OH is 1. The lowest BCUT2D eigenvalue weighted by molar-refractivity contribution is -0.154. The molecule has 0 radical (unpaired) electrons. The Labute approximate surface area is 135 Å². The van der Waals surface area contributed by atoms with Crippen molar-refractivity contribution in [3.63, 3.8) is 0 Å². The second-order valence-electron chi connectivity index (χ2n) is 5.40. The van der Waals surface area contributed by atoms with Crippen molar-refractivity contribution in [1.29, 1.82) is 5.26 Å². The summed E-state index contributed by atoms with van der Waals surface area (Å²) >= 11 is 0. The first-order chi connectivity index (χ1) is 11.4. The van der Waals surface area contributed by atoms with E-state index in [0.717, 1.165) is 0 Å².